The van der Waals surface area contributed by atoms with E-state index in [0.29, 0.717) is 0 Å². The van der Waals surface area contributed by atoms with Crippen LogP contribution in [0.2, 0.25) is 0 Å². The highest BCUT2D eigenvalue weighted by atomic mass is 19.1. The summed E-state index contributed by atoms with van der Waals surface area (Å²) in [7, 11) is 0. The highest BCUT2D eigenvalue weighted by molar-refractivity contribution is 5.08. The Hall–Kier alpha value is -1.75. The van der Waals surface area contributed by atoms with Crippen molar-refractivity contribution < 1.29 is 4.39 Å². The zero-order valence-corrected chi connectivity index (χ0v) is 9.65. The van der Waals surface area contributed by atoms with Crippen LogP contribution < -0.4 is 5.32 Å². The second-order valence-corrected chi connectivity index (χ2v) is 3.86. The van der Waals surface area contributed by atoms with Gasteiger partial charge in [-0.05, 0) is 19.1 Å². The van der Waals surface area contributed by atoms with Crippen LogP contribution in [0, 0.1) is 5.82 Å². The summed E-state index contributed by atoms with van der Waals surface area (Å²) in [6, 6.07) is 3.22. The molecule has 0 bridgehead atoms. The summed E-state index contributed by atoms with van der Waals surface area (Å²) in [5.41, 5.74) is 0.839. The number of H-pyrrole nitrogens is 1. The normalized spacial score (nSPS) is 12.6. The third-order valence-corrected chi connectivity index (χ3v) is 2.56. The first-order valence-corrected chi connectivity index (χ1v) is 5.59. The average Bonchev–Trinajstić information content (AvgIpc) is 2.83. The molecule has 90 valence electrons. The number of hydrogen-bond donors (Lipinski definition) is 2. The predicted octanol–water partition coefficient (Wildman–Crippen LogP) is 1.84. The number of pyridine rings is 1. The van der Waals surface area contributed by atoms with Gasteiger partial charge >= 0.3 is 0 Å². The van der Waals surface area contributed by atoms with Crippen molar-refractivity contribution in [3.05, 3.63) is 48.1 Å². The Balaban J connectivity index is 1.81. The van der Waals surface area contributed by atoms with Crippen molar-refractivity contribution in [2.45, 2.75) is 19.4 Å². The number of imidazole rings is 1. The average molecular weight is 234 g/mol. The van der Waals surface area contributed by atoms with Crippen LogP contribution in [0.25, 0.3) is 0 Å². The van der Waals surface area contributed by atoms with Gasteiger partial charge in [0.2, 0.25) is 0 Å². The maximum absolute atomic E-state index is 12.7. The van der Waals surface area contributed by atoms with Crippen LogP contribution in [-0.4, -0.2) is 21.5 Å². The minimum atomic E-state index is -0.309. The van der Waals surface area contributed by atoms with E-state index in [4.69, 9.17) is 0 Å². The lowest BCUT2D eigenvalue weighted by molar-refractivity contribution is 0.553. The minimum Gasteiger partial charge on any atom is -0.349 e. The summed E-state index contributed by atoms with van der Waals surface area (Å²) >= 11 is 0. The Morgan fingerprint density at radius 1 is 1.41 bits per heavy atom. The fourth-order valence-corrected chi connectivity index (χ4v) is 1.59. The van der Waals surface area contributed by atoms with Crippen LogP contribution in [0.4, 0.5) is 4.39 Å². The number of aromatic nitrogens is 3. The quantitative estimate of drug-likeness (QED) is 0.830. The van der Waals surface area contributed by atoms with E-state index < -0.39 is 0 Å². The van der Waals surface area contributed by atoms with Gasteiger partial charge < -0.3 is 10.3 Å². The molecule has 1 atom stereocenters. The molecule has 0 spiro atoms. The molecule has 5 heteroatoms. The monoisotopic (exact) mass is 234 g/mol. The van der Waals surface area contributed by atoms with Crippen molar-refractivity contribution in [3.63, 3.8) is 0 Å². The molecule has 0 aromatic carbocycles. The molecule has 0 aliphatic carbocycles. The molecule has 1 unspecified atom stereocenters. The molecule has 17 heavy (non-hydrogen) atoms. The van der Waals surface area contributed by atoms with Crippen LogP contribution in [-0.2, 0) is 6.42 Å². The Morgan fingerprint density at radius 3 is 2.94 bits per heavy atom. The van der Waals surface area contributed by atoms with Gasteiger partial charge in [0.1, 0.15) is 11.6 Å². The summed E-state index contributed by atoms with van der Waals surface area (Å²) in [4.78, 5) is 11.2. The molecule has 2 aromatic rings. The summed E-state index contributed by atoms with van der Waals surface area (Å²) in [6.45, 7) is 2.80. The van der Waals surface area contributed by atoms with Gasteiger partial charge in [-0.15, -0.1) is 0 Å². The minimum absolute atomic E-state index is 0.102. The predicted molar refractivity (Wildman–Crippen MR) is 62.9 cm³/mol. The second kappa shape index (κ2) is 5.54. The number of rotatable bonds is 5. The first-order valence-electron chi connectivity index (χ1n) is 5.59. The molecule has 2 rings (SSSR count). The first-order chi connectivity index (χ1) is 8.25. The van der Waals surface area contributed by atoms with Crippen molar-refractivity contribution in [1.29, 1.82) is 0 Å². The molecule has 0 saturated carbocycles. The van der Waals surface area contributed by atoms with Crippen molar-refractivity contribution in [3.8, 4) is 0 Å². The summed E-state index contributed by atoms with van der Waals surface area (Å²) in [5.74, 6) is 0.647. The third-order valence-electron chi connectivity index (χ3n) is 2.56. The zero-order valence-electron chi connectivity index (χ0n) is 9.65. The maximum Gasteiger partial charge on any atom is 0.141 e. The van der Waals surface area contributed by atoms with Gasteiger partial charge in [-0.2, -0.15) is 0 Å². The molecule has 0 aliphatic heterocycles. The summed E-state index contributed by atoms with van der Waals surface area (Å²) in [6.07, 6.45) is 5.61. The van der Waals surface area contributed by atoms with Crippen molar-refractivity contribution in [2.24, 2.45) is 0 Å². The van der Waals surface area contributed by atoms with Crippen LogP contribution >= 0.6 is 0 Å². The van der Waals surface area contributed by atoms with Gasteiger partial charge in [-0.3, -0.25) is 4.98 Å². The van der Waals surface area contributed by atoms with E-state index in [-0.39, 0.29) is 11.9 Å². The molecule has 4 nitrogen and oxygen atoms in total. The lowest BCUT2D eigenvalue weighted by Gasteiger charge is -2.12. The van der Waals surface area contributed by atoms with Gasteiger partial charge in [0.15, 0.2) is 0 Å². The summed E-state index contributed by atoms with van der Waals surface area (Å²) < 4.78 is 12.7. The smallest absolute Gasteiger partial charge is 0.141 e. The van der Waals surface area contributed by atoms with Crippen molar-refractivity contribution >= 4 is 0 Å². The third kappa shape index (κ3) is 3.35. The molecule has 2 heterocycles. The Kier molecular flexibility index (Phi) is 3.82. The molecule has 2 N–H and O–H groups in total. The molecule has 0 aliphatic rings. The van der Waals surface area contributed by atoms with Gasteiger partial charge in [0.05, 0.1) is 11.9 Å². The van der Waals surface area contributed by atoms with E-state index in [1.54, 1.807) is 18.5 Å². The largest absolute Gasteiger partial charge is 0.349 e. The standard InChI is InChI=1S/C12H15FN4/c1-9(11-3-2-10(13)8-17-11)14-5-4-12-15-6-7-16-12/h2-3,6-9,14H,4-5H2,1H3,(H,15,16). The highest BCUT2D eigenvalue weighted by Crippen LogP contribution is 2.08. The zero-order chi connectivity index (χ0) is 12.1. The van der Waals surface area contributed by atoms with E-state index in [2.05, 4.69) is 20.3 Å². The maximum atomic E-state index is 12.7. The lowest BCUT2D eigenvalue weighted by atomic mass is 10.2. The van der Waals surface area contributed by atoms with Crippen LogP contribution in [0.1, 0.15) is 24.5 Å². The van der Waals surface area contributed by atoms with Gasteiger partial charge in [0, 0.05) is 31.4 Å². The number of halogens is 1. The molecule has 0 fully saturated rings. The van der Waals surface area contributed by atoms with E-state index in [1.165, 1.54) is 12.3 Å². The Labute approximate surface area is 99.3 Å². The molecular formula is C12H15FN4. The van der Waals surface area contributed by atoms with E-state index in [9.17, 15) is 4.39 Å². The van der Waals surface area contributed by atoms with E-state index >= 15 is 0 Å². The molecule has 0 amide bonds. The van der Waals surface area contributed by atoms with E-state index in [0.717, 1.165) is 24.5 Å². The Bertz CT molecular complexity index is 438. The summed E-state index contributed by atoms with van der Waals surface area (Å²) in [5, 5.41) is 3.31. The highest BCUT2D eigenvalue weighted by Gasteiger charge is 2.06. The lowest BCUT2D eigenvalue weighted by Crippen LogP contribution is -2.22. The Morgan fingerprint density at radius 2 is 2.29 bits per heavy atom. The molecular weight excluding hydrogens is 219 g/mol. The van der Waals surface area contributed by atoms with Gasteiger partial charge in [-0.25, -0.2) is 9.37 Å². The molecule has 2 aromatic heterocycles. The number of nitrogens with one attached hydrogen (secondary N) is 2. The van der Waals surface area contributed by atoms with E-state index in [1.807, 2.05) is 6.92 Å². The van der Waals surface area contributed by atoms with Crippen molar-refractivity contribution in [2.75, 3.05) is 6.54 Å². The number of aromatic amines is 1. The van der Waals surface area contributed by atoms with Crippen LogP contribution in [0.3, 0.4) is 0 Å². The van der Waals surface area contributed by atoms with Crippen molar-refractivity contribution in [1.82, 2.24) is 20.3 Å². The molecule has 0 radical (unpaired) electrons. The fraction of sp³-hybridized carbons (Fsp3) is 0.333. The number of nitrogens with zero attached hydrogens (tertiary/aromatic N) is 2. The number of hydrogen-bond acceptors (Lipinski definition) is 3. The molecule has 0 saturated heterocycles. The SMILES string of the molecule is CC(NCCc1ncc[nH]1)c1ccc(F)cn1. The second-order valence-electron chi connectivity index (χ2n) is 3.86. The topological polar surface area (TPSA) is 53.6 Å². The van der Waals surface area contributed by atoms with Crippen LogP contribution in [0.15, 0.2) is 30.7 Å². The van der Waals surface area contributed by atoms with Gasteiger partial charge in [-0.1, -0.05) is 0 Å². The van der Waals surface area contributed by atoms with Crippen LogP contribution in [0.5, 0.6) is 0 Å². The van der Waals surface area contributed by atoms with Gasteiger partial charge in [0.25, 0.3) is 0 Å². The fourth-order valence-electron chi connectivity index (χ4n) is 1.59. The first kappa shape index (κ1) is 11.7.